The molecule has 1 aliphatic carbocycles. The van der Waals surface area contributed by atoms with Crippen LogP contribution in [-0.2, 0) is 6.42 Å². The Hall–Kier alpha value is -1.18. The maximum absolute atomic E-state index is 3.92. The molecule has 0 bridgehead atoms. The van der Waals surface area contributed by atoms with Crippen molar-refractivity contribution in [2.45, 2.75) is 34.1 Å². The lowest BCUT2D eigenvalue weighted by atomic mass is 10.2. The molecule has 0 unspecified atom stereocenters. The second-order valence-corrected chi connectivity index (χ2v) is 2.05. The second-order valence-electron chi connectivity index (χ2n) is 2.05. The summed E-state index contributed by atoms with van der Waals surface area (Å²) in [6.45, 7) is 8.00. The van der Waals surface area contributed by atoms with Crippen LogP contribution in [0.1, 0.15) is 39.0 Å². The van der Waals surface area contributed by atoms with Gasteiger partial charge in [-0.3, -0.25) is 0 Å². The third-order valence-corrected chi connectivity index (χ3v) is 1.45. The molecule has 0 fully saturated rings. The van der Waals surface area contributed by atoms with E-state index in [4.69, 9.17) is 0 Å². The number of allylic oxidation sites excluding steroid dienone is 1. The third kappa shape index (κ3) is 3.36. The lowest BCUT2D eigenvalue weighted by molar-refractivity contribution is 0.998. The Morgan fingerprint density at radius 1 is 1.15 bits per heavy atom. The monoisotopic (exact) mass is 178 g/mol. The van der Waals surface area contributed by atoms with Crippen molar-refractivity contribution < 1.29 is 0 Å². The molecule has 0 atom stereocenters. The SMILES string of the molecule is C1=Cc2nnccc2C1.CC.CC. The molecular formula is C11H18N2. The number of rotatable bonds is 0. The Balaban J connectivity index is 0.000000322. The van der Waals surface area contributed by atoms with E-state index in [1.807, 2.05) is 39.8 Å². The molecule has 0 saturated carbocycles. The van der Waals surface area contributed by atoms with Gasteiger partial charge < -0.3 is 0 Å². The molecule has 1 aromatic rings. The largest absolute Gasteiger partial charge is 0.159 e. The quantitative estimate of drug-likeness (QED) is 0.610. The van der Waals surface area contributed by atoms with Gasteiger partial charge in [-0.05, 0) is 24.1 Å². The average molecular weight is 178 g/mol. The fourth-order valence-electron chi connectivity index (χ4n) is 0.979. The van der Waals surface area contributed by atoms with Gasteiger partial charge in [-0.15, -0.1) is 0 Å². The summed E-state index contributed by atoms with van der Waals surface area (Å²) in [4.78, 5) is 0. The third-order valence-electron chi connectivity index (χ3n) is 1.45. The van der Waals surface area contributed by atoms with Crippen molar-refractivity contribution in [3.8, 4) is 0 Å². The van der Waals surface area contributed by atoms with Gasteiger partial charge in [-0.25, -0.2) is 0 Å². The first kappa shape index (κ1) is 11.8. The predicted octanol–water partition coefficient (Wildman–Crippen LogP) is 3.10. The van der Waals surface area contributed by atoms with E-state index < -0.39 is 0 Å². The highest BCUT2D eigenvalue weighted by atomic mass is 15.1. The van der Waals surface area contributed by atoms with Crippen molar-refractivity contribution in [1.82, 2.24) is 10.2 Å². The molecule has 0 amide bonds. The molecule has 0 aromatic carbocycles. The lowest BCUT2D eigenvalue weighted by Crippen LogP contribution is -1.87. The maximum Gasteiger partial charge on any atom is 0.0889 e. The van der Waals surface area contributed by atoms with Crippen LogP contribution in [0.2, 0.25) is 0 Å². The van der Waals surface area contributed by atoms with Gasteiger partial charge in [-0.1, -0.05) is 33.8 Å². The molecule has 13 heavy (non-hydrogen) atoms. The summed E-state index contributed by atoms with van der Waals surface area (Å²) in [5.41, 5.74) is 2.31. The number of hydrogen-bond donors (Lipinski definition) is 0. The van der Waals surface area contributed by atoms with Crippen LogP contribution in [0, 0.1) is 0 Å². The van der Waals surface area contributed by atoms with Crippen molar-refractivity contribution in [2.24, 2.45) is 0 Å². The summed E-state index contributed by atoms with van der Waals surface area (Å²) in [5, 5.41) is 7.68. The van der Waals surface area contributed by atoms with E-state index >= 15 is 0 Å². The zero-order valence-electron chi connectivity index (χ0n) is 8.91. The fraction of sp³-hybridized carbons (Fsp3) is 0.455. The van der Waals surface area contributed by atoms with Crippen LogP contribution < -0.4 is 0 Å². The molecular weight excluding hydrogens is 160 g/mol. The van der Waals surface area contributed by atoms with Crippen molar-refractivity contribution in [1.29, 1.82) is 0 Å². The van der Waals surface area contributed by atoms with Crippen molar-refractivity contribution in [2.75, 3.05) is 0 Å². The predicted molar refractivity (Wildman–Crippen MR) is 57.5 cm³/mol. The first-order valence-electron chi connectivity index (χ1n) is 4.94. The summed E-state index contributed by atoms with van der Waals surface area (Å²) in [5.74, 6) is 0. The topological polar surface area (TPSA) is 25.8 Å². The normalized spacial score (nSPS) is 10.5. The number of hydrogen-bond acceptors (Lipinski definition) is 2. The lowest BCUT2D eigenvalue weighted by Gasteiger charge is -1.90. The summed E-state index contributed by atoms with van der Waals surface area (Å²) < 4.78 is 0. The number of fused-ring (bicyclic) bond motifs is 1. The van der Waals surface area contributed by atoms with E-state index in [1.54, 1.807) is 6.20 Å². The van der Waals surface area contributed by atoms with E-state index in [1.165, 1.54) is 5.56 Å². The molecule has 1 heterocycles. The summed E-state index contributed by atoms with van der Waals surface area (Å²) in [7, 11) is 0. The van der Waals surface area contributed by atoms with Crippen LogP contribution in [-0.4, -0.2) is 10.2 Å². The van der Waals surface area contributed by atoms with Gasteiger partial charge in [-0.2, -0.15) is 10.2 Å². The van der Waals surface area contributed by atoms with Gasteiger partial charge in [0, 0.05) is 6.20 Å². The minimum absolute atomic E-state index is 1.02. The Morgan fingerprint density at radius 2 is 1.85 bits per heavy atom. The van der Waals surface area contributed by atoms with Crippen LogP contribution in [0.3, 0.4) is 0 Å². The molecule has 72 valence electrons. The summed E-state index contributed by atoms with van der Waals surface area (Å²) in [6.07, 6.45) is 6.85. The first-order valence-corrected chi connectivity index (χ1v) is 4.94. The van der Waals surface area contributed by atoms with E-state index in [0.717, 1.165) is 12.1 Å². The van der Waals surface area contributed by atoms with Crippen molar-refractivity contribution in [3.05, 3.63) is 29.6 Å². The first-order chi connectivity index (χ1) is 6.47. The standard InChI is InChI=1S/C7H6N2.2C2H6/c1-2-6-4-5-8-9-7(6)3-1;2*1-2/h1,3-5H,2H2;2*1-2H3. The average Bonchev–Trinajstić information content (AvgIpc) is 2.71. The van der Waals surface area contributed by atoms with Crippen LogP contribution in [0.25, 0.3) is 6.08 Å². The minimum atomic E-state index is 1.02. The Morgan fingerprint density at radius 3 is 2.46 bits per heavy atom. The highest BCUT2D eigenvalue weighted by Crippen LogP contribution is 2.13. The Bertz CT molecular complexity index is 254. The maximum atomic E-state index is 3.92. The Labute approximate surface area is 80.7 Å². The minimum Gasteiger partial charge on any atom is -0.159 e. The molecule has 0 N–H and O–H groups in total. The smallest absolute Gasteiger partial charge is 0.0889 e. The van der Waals surface area contributed by atoms with Crippen LogP contribution in [0.5, 0.6) is 0 Å². The van der Waals surface area contributed by atoms with E-state index in [-0.39, 0.29) is 0 Å². The van der Waals surface area contributed by atoms with Crippen molar-refractivity contribution >= 4 is 6.08 Å². The fourth-order valence-corrected chi connectivity index (χ4v) is 0.979. The van der Waals surface area contributed by atoms with Gasteiger partial charge in [0.05, 0.1) is 5.69 Å². The van der Waals surface area contributed by atoms with E-state index in [2.05, 4.69) is 16.3 Å². The second kappa shape index (κ2) is 7.47. The zero-order valence-corrected chi connectivity index (χ0v) is 8.91. The van der Waals surface area contributed by atoms with Crippen LogP contribution in [0.15, 0.2) is 18.3 Å². The molecule has 1 aromatic heterocycles. The highest BCUT2D eigenvalue weighted by Gasteiger charge is 2.03. The summed E-state index contributed by atoms with van der Waals surface area (Å²) >= 11 is 0. The van der Waals surface area contributed by atoms with Crippen molar-refractivity contribution in [3.63, 3.8) is 0 Å². The number of nitrogens with zero attached hydrogens (tertiary/aromatic N) is 2. The molecule has 2 rings (SSSR count). The van der Waals surface area contributed by atoms with Gasteiger partial charge in [0.1, 0.15) is 0 Å². The highest BCUT2D eigenvalue weighted by molar-refractivity contribution is 5.54. The van der Waals surface area contributed by atoms with Gasteiger partial charge in [0.2, 0.25) is 0 Å². The van der Waals surface area contributed by atoms with Crippen LogP contribution in [0.4, 0.5) is 0 Å². The molecule has 2 nitrogen and oxygen atoms in total. The van der Waals surface area contributed by atoms with Gasteiger partial charge in [0.25, 0.3) is 0 Å². The molecule has 1 aliphatic rings. The molecule has 0 saturated heterocycles. The van der Waals surface area contributed by atoms with E-state index in [0.29, 0.717) is 0 Å². The Kier molecular flexibility index (Phi) is 6.79. The molecule has 0 spiro atoms. The van der Waals surface area contributed by atoms with Gasteiger partial charge >= 0.3 is 0 Å². The van der Waals surface area contributed by atoms with E-state index in [9.17, 15) is 0 Å². The zero-order chi connectivity index (χ0) is 10.1. The number of aromatic nitrogens is 2. The van der Waals surface area contributed by atoms with Crippen LogP contribution >= 0.6 is 0 Å². The molecule has 0 aliphatic heterocycles. The molecule has 2 heteroatoms. The molecule has 0 radical (unpaired) electrons. The summed E-state index contributed by atoms with van der Waals surface area (Å²) in [6, 6.07) is 2.00. The van der Waals surface area contributed by atoms with Gasteiger partial charge in [0.15, 0.2) is 0 Å².